The van der Waals surface area contributed by atoms with Crippen LogP contribution in [0.3, 0.4) is 0 Å². The molecule has 0 radical (unpaired) electrons. The maximum atomic E-state index is 2.57. The van der Waals surface area contributed by atoms with Crippen molar-refractivity contribution in [2.45, 2.75) is 52.4 Å². The lowest BCUT2D eigenvalue weighted by molar-refractivity contribution is -0.0211. The third-order valence-corrected chi connectivity index (χ3v) is 3.84. The van der Waals surface area contributed by atoms with Crippen LogP contribution in [0.2, 0.25) is 5.31 Å². The van der Waals surface area contributed by atoms with Gasteiger partial charge in [-0.3, -0.25) is 4.90 Å². The Balaban J connectivity index is 2.58. The van der Waals surface area contributed by atoms with Crippen molar-refractivity contribution in [3.05, 3.63) is 0 Å². The van der Waals surface area contributed by atoms with Gasteiger partial charge < -0.3 is 0 Å². The second kappa shape index (κ2) is 2.76. The minimum Gasteiger partial charge on any atom is -0.299 e. The monoisotopic (exact) mass is 181 g/mol. The molecule has 1 saturated heterocycles. The van der Waals surface area contributed by atoms with Crippen molar-refractivity contribution in [3.8, 4) is 0 Å². The molecule has 1 rings (SSSR count). The van der Waals surface area contributed by atoms with Crippen LogP contribution in [0.15, 0.2) is 0 Å². The van der Waals surface area contributed by atoms with Crippen molar-refractivity contribution >= 4 is 7.85 Å². The molecule has 2 heteroatoms. The Morgan fingerprint density at radius 1 is 1.00 bits per heavy atom. The molecule has 13 heavy (non-hydrogen) atoms. The third-order valence-electron chi connectivity index (χ3n) is 3.84. The molecule has 0 bridgehead atoms. The highest BCUT2D eigenvalue weighted by Gasteiger charge is 2.49. The van der Waals surface area contributed by atoms with E-state index in [-0.39, 0.29) is 0 Å². The topological polar surface area (TPSA) is 3.24 Å². The highest BCUT2D eigenvalue weighted by molar-refractivity contribution is 6.17. The molecular weight excluding hydrogens is 157 g/mol. The van der Waals surface area contributed by atoms with Crippen LogP contribution in [0.25, 0.3) is 0 Å². The molecule has 0 unspecified atom stereocenters. The largest absolute Gasteiger partial charge is 0.299 e. The van der Waals surface area contributed by atoms with E-state index in [0.717, 1.165) is 0 Å². The highest BCUT2D eigenvalue weighted by atomic mass is 15.3. The van der Waals surface area contributed by atoms with Crippen molar-refractivity contribution in [2.24, 2.45) is 5.41 Å². The lowest BCUT2D eigenvalue weighted by Gasteiger charge is -2.60. The maximum absolute atomic E-state index is 2.57. The number of rotatable bonds is 0. The summed E-state index contributed by atoms with van der Waals surface area (Å²) in [5.74, 6) is 0. The maximum Gasteiger partial charge on any atom is 0.113 e. The van der Waals surface area contributed by atoms with Gasteiger partial charge in [-0.2, -0.15) is 0 Å². The summed E-state index contributed by atoms with van der Waals surface area (Å²) in [5.41, 5.74) is 0.791. The van der Waals surface area contributed by atoms with E-state index in [9.17, 15) is 0 Å². The minimum atomic E-state index is 0.352. The molecule has 0 aromatic heterocycles. The molecule has 76 valence electrons. The molecule has 0 atom stereocenters. The van der Waals surface area contributed by atoms with E-state index in [4.69, 9.17) is 0 Å². The van der Waals surface area contributed by atoms with Gasteiger partial charge in [0, 0.05) is 5.54 Å². The molecule has 1 heterocycles. The van der Waals surface area contributed by atoms with Gasteiger partial charge in [-0.15, -0.1) is 0 Å². The Labute approximate surface area is 84.3 Å². The first-order valence-corrected chi connectivity index (χ1v) is 5.31. The van der Waals surface area contributed by atoms with E-state index in [1.165, 1.54) is 13.1 Å². The first-order chi connectivity index (χ1) is 5.56. The van der Waals surface area contributed by atoms with Crippen molar-refractivity contribution < 1.29 is 0 Å². The molecule has 0 aromatic carbocycles. The Hall–Kier alpha value is 0.0249. The Bertz CT molecular complexity index is 191. The average Bonchev–Trinajstić information content (AvgIpc) is 1.75. The molecular formula is C11H24BN. The molecule has 1 aliphatic heterocycles. The summed E-state index contributed by atoms with van der Waals surface area (Å²) in [6, 6.07) is 0. The number of nitrogens with zero attached hydrogens (tertiary/aromatic N) is 1. The molecule has 0 spiro atoms. The van der Waals surface area contributed by atoms with Crippen LogP contribution >= 0.6 is 0 Å². The van der Waals surface area contributed by atoms with Crippen LogP contribution in [-0.4, -0.2) is 31.4 Å². The van der Waals surface area contributed by atoms with E-state index < -0.39 is 0 Å². The molecule has 1 nitrogen and oxygen atoms in total. The zero-order chi connectivity index (χ0) is 10.5. The fourth-order valence-corrected chi connectivity index (χ4v) is 1.74. The Kier molecular flexibility index (Phi) is 2.35. The van der Waals surface area contributed by atoms with Gasteiger partial charge in [0.25, 0.3) is 0 Å². The highest BCUT2D eigenvalue weighted by Crippen LogP contribution is 2.51. The van der Waals surface area contributed by atoms with Crippen LogP contribution in [-0.2, 0) is 0 Å². The van der Waals surface area contributed by atoms with Crippen LogP contribution in [0.4, 0.5) is 0 Å². The Morgan fingerprint density at radius 2 is 1.38 bits per heavy atom. The average molecular weight is 181 g/mol. The molecule has 0 saturated carbocycles. The van der Waals surface area contributed by atoms with Gasteiger partial charge in [0.1, 0.15) is 7.85 Å². The fraction of sp³-hybridized carbons (Fsp3) is 1.00. The Morgan fingerprint density at radius 3 is 1.62 bits per heavy atom. The summed E-state index contributed by atoms with van der Waals surface area (Å²) in [6.07, 6.45) is 0. The molecule has 0 aliphatic carbocycles. The smallest absolute Gasteiger partial charge is 0.113 e. The number of hydrogen-bond donors (Lipinski definition) is 0. The van der Waals surface area contributed by atoms with Crippen molar-refractivity contribution in [1.82, 2.24) is 4.90 Å². The van der Waals surface area contributed by atoms with Gasteiger partial charge >= 0.3 is 0 Å². The lowest BCUT2D eigenvalue weighted by Crippen LogP contribution is -2.63. The molecule has 0 aromatic rings. The van der Waals surface area contributed by atoms with Gasteiger partial charge in [-0.05, 0) is 44.6 Å². The van der Waals surface area contributed by atoms with Crippen LogP contribution < -0.4 is 0 Å². The first kappa shape index (κ1) is 11.1. The van der Waals surface area contributed by atoms with Crippen molar-refractivity contribution in [3.63, 3.8) is 0 Å². The van der Waals surface area contributed by atoms with E-state index in [1.807, 2.05) is 0 Å². The van der Waals surface area contributed by atoms with Crippen LogP contribution in [0.5, 0.6) is 0 Å². The zero-order valence-electron chi connectivity index (χ0n) is 10.4. The second-order valence-electron chi connectivity index (χ2n) is 6.84. The van der Waals surface area contributed by atoms with Crippen molar-refractivity contribution in [2.75, 3.05) is 13.1 Å². The fourth-order valence-electron chi connectivity index (χ4n) is 1.74. The molecule has 1 aliphatic rings. The van der Waals surface area contributed by atoms with Gasteiger partial charge in [-0.1, -0.05) is 20.8 Å². The molecule has 0 amide bonds. The van der Waals surface area contributed by atoms with E-state index in [2.05, 4.69) is 54.3 Å². The zero-order valence-corrected chi connectivity index (χ0v) is 10.4. The van der Waals surface area contributed by atoms with Gasteiger partial charge in [-0.25, -0.2) is 0 Å². The van der Waals surface area contributed by atoms with Gasteiger partial charge in [0.15, 0.2) is 0 Å². The van der Waals surface area contributed by atoms with Crippen molar-refractivity contribution in [1.29, 1.82) is 0 Å². The quantitative estimate of drug-likeness (QED) is 0.516. The first-order valence-electron chi connectivity index (χ1n) is 5.31. The number of hydrogen-bond acceptors (Lipinski definition) is 1. The number of likely N-dealkylation sites (tertiary alicyclic amines) is 1. The van der Waals surface area contributed by atoms with Gasteiger partial charge in [0.05, 0.1) is 0 Å². The SMILES string of the molecule is BC1(C(C)(C)C)CN(C(C)(C)C)C1. The van der Waals surface area contributed by atoms with Crippen LogP contribution in [0.1, 0.15) is 41.5 Å². The predicted octanol–water partition coefficient (Wildman–Crippen LogP) is 1.94. The standard InChI is InChI=1S/C11H24BN/c1-9(2,3)11(12)7-13(8-11)10(4,5)6/h7-8,12H2,1-6H3. The summed E-state index contributed by atoms with van der Waals surface area (Å²) in [7, 11) is 2.41. The van der Waals surface area contributed by atoms with Gasteiger partial charge in [0.2, 0.25) is 0 Å². The van der Waals surface area contributed by atoms with Crippen LogP contribution in [0, 0.1) is 5.41 Å². The summed E-state index contributed by atoms with van der Waals surface area (Å²) in [5, 5.41) is 0.514. The lowest BCUT2D eigenvalue weighted by atomic mass is 9.49. The normalized spacial score (nSPS) is 24.2. The third kappa shape index (κ3) is 1.93. The predicted molar refractivity (Wildman–Crippen MR) is 62.0 cm³/mol. The summed E-state index contributed by atoms with van der Waals surface area (Å²) in [4.78, 5) is 2.57. The summed E-state index contributed by atoms with van der Waals surface area (Å²) >= 11 is 0. The molecule has 1 fully saturated rings. The van der Waals surface area contributed by atoms with E-state index in [1.54, 1.807) is 0 Å². The summed E-state index contributed by atoms with van der Waals surface area (Å²) in [6.45, 7) is 16.5. The van der Waals surface area contributed by atoms with E-state index in [0.29, 0.717) is 16.3 Å². The minimum absolute atomic E-state index is 0.352. The second-order valence-corrected chi connectivity index (χ2v) is 6.84. The molecule has 0 N–H and O–H groups in total. The summed E-state index contributed by atoms with van der Waals surface area (Å²) < 4.78 is 0. The van der Waals surface area contributed by atoms with E-state index >= 15 is 0 Å².